The molecular formula is C23H28N4S. The standard InChI is InChI=1S/C23H28N4S/c1-17-13-23(26-21-14-19(28-2)8-9-20(17)21)25-16-22(18-7-6-10-24-15-18)27-11-4-3-5-12-27/h6-10,13-15,22H,3-5,11-12,16H2,1-2H3,(H,25,26). The van der Waals surface area contributed by atoms with Crippen LogP contribution in [0.5, 0.6) is 0 Å². The van der Waals surface area contributed by atoms with Gasteiger partial charge in [0.05, 0.1) is 11.6 Å². The van der Waals surface area contributed by atoms with Crippen molar-refractivity contribution in [2.45, 2.75) is 37.1 Å². The number of pyridine rings is 2. The first-order valence-corrected chi connectivity index (χ1v) is 11.3. The first kappa shape index (κ1) is 19.2. The lowest BCUT2D eigenvalue weighted by Crippen LogP contribution is -2.37. The van der Waals surface area contributed by atoms with E-state index in [-0.39, 0.29) is 0 Å². The number of likely N-dealkylation sites (tertiary alicyclic amines) is 1. The molecule has 2 aromatic heterocycles. The van der Waals surface area contributed by atoms with Gasteiger partial charge in [0.1, 0.15) is 5.82 Å². The van der Waals surface area contributed by atoms with Gasteiger partial charge in [-0.1, -0.05) is 18.6 Å². The minimum absolute atomic E-state index is 0.323. The Morgan fingerprint density at radius 1 is 1.14 bits per heavy atom. The second kappa shape index (κ2) is 8.93. The molecule has 28 heavy (non-hydrogen) atoms. The molecule has 146 valence electrons. The number of thioether (sulfide) groups is 1. The van der Waals surface area contributed by atoms with Gasteiger partial charge in [-0.25, -0.2) is 4.98 Å². The minimum atomic E-state index is 0.323. The monoisotopic (exact) mass is 392 g/mol. The summed E-state index contributed by atoms with van der Waals surface area (Å²) in [5.74, 6) is 0.953. The number of hydrogen-bond donors (Lipinski definition) is 1. The summed E-state index contributed by atoms with van der Waals surface area (Å²) in [5, 5.41) is 4.85. The summed E-state index contributed by atoms with van der Waals surface area (Å²) in [4.78, 5) is 13.1. The average Bonchev–Trinajstić information content (AvgIpc) is 2.75. The third-order valence-corrected chi connectivity index (χ3v) is 6.33. The van der Waals surface area contributed by atoms with Crippen LogP contribution >= 0.6 is 11.8 Å². The Balaban J connectivity index is 1.58. The van der Waals surface area contributed by atoms with Crippen LogP contribution < -0.4 is 5.32 Å². The normalized spacial score (nSPS) is 16.2. The molecule has 1 aliphatic rings. The van der Waals surface area contributed by atoms with Crippen LogP contribution in [0.25, 0.3) is 10.9 Å². The third-order valence-electron chi connectivity index (χ3n) is 5.60. The SMILES string of the molecule is CSc1ccc2c(C)cc(NCC(c3cccnc3)N3CCCCC3)nc2c1. The Hall–Kier alpha value is -2.11. The van der Waals surface area contributed by atoms with Crippen LogP contribution in [0.3, 0.4) is 0 Å². The van der Waals surface area contributed by atoms with Gasteiger partial charge >= 0.3 is 0 Å². The highest BCUT2D eigenvalue weighted by Gasteiger charge is 2.22. The third kappa shape index (κ3) is 4.31. The van der Waals surface area contributed by atoms with Crippen LogP contribution in [-0.2, 0) is 0 Å². The van der Waals surface area contributed by atoms with Gasteiger partial charge in [0.25, 0.3) is 0 Å². The van der Waals surface area contributed by atoms with E-state index in [2.05, 4.69) is 58.7 Å². The summed E-state index contributed by atoms with van der Waals surface area (Å²) in [6.07, 6.45) is 9.86. The van der Waals surface area contributed by atoms with E-state index in [0.29, 0.717) is 6.04 Å². The van der Waals surface area contributed by atoms with E-state index in [1.54, 1.807) is 11.8 Å². The average molecular weight is 393 g/mol. The van der Waals surface area contributed by atoms with Gasteiger partial charge in [-0.05, 0) is 74.5 Å². The van der Waals surface area contributed by atoms with E-state index in [1.807, 2.05) is 18.5 Å². The second-order valence-electron chi connectivity index (χ2n) is 7.49. The maximum absolute atomic E-state index is 4.90. The van der Waals surface area contributed by atoms with Crippen molar-refractivity contribution in [1.82, 2.24) is 14.9 Å². The second-order valence-corrected chi connectivity index (χ2v) is 8.37. The molecule has 0 amide bonds. The lowest BCUT2D eigenvalue weighted by atomic mass is 10.0. The van der Waals surface area contributed by atoms with Gasteiger partial charge in [0.2, 0.25) is 0 Å². The zero-order valence-corrected chi connectivity index (χ0v) is 17.5. The summed E-state index contributed by atoms with van der Waals surface area (Å²) >= 11 is 1.76. The van der Waals surface area contributed by atoms with E-state index in [0.717, 1.165) is 31.0 Å². The number of piperidine rings is 1. The highest BCUT2D eigenvalue weighted by molar-refractivity contribution is 7.98. The fourth-order valence-electron chi connectivity index (χ4n) is 4.06. The molecule has 3 aromatic rings. The Labute approximate surface area is 171 Å². The smallest absolute Gasteiger partial charge is 0.126 e. The number of nitrogens with one attached hydrogen (secondary N) is 1. The molecule has 1 aromatic carbocycles. The Bertz CT molecular complexity index is 923. The fraction of sp³-hybridized carbons (Fsp3) is 0.391. The summed E-state index contributed by atoms with van der Waals surface area (Å²) in [5.41, 5.74) is 3.60. The van der Waals surface area contributed by atoms with Crippen molar-refractivity contribution in [2.75, 3.05) is 31.2 Å². The zero-order chi connectivity index (χ0) is 19.3. The molecule has 0 radical (unpaired) electrons. The number of aromatic nitrogens is 2. The van der Waals surface area contributed by atoms with Crippen molar-refractivity contribution < 1.29 is 0 Å². The summed E-state index contributed by atoms with van der Waals surface area (Å²) in [6, 6.07) is 13.2. The Morgan fingerprint density at radius 2 is 2.00 bits per heavy atom. The van der Waals surface area contributed by atoms with Crippen molar-refractivity contribution >= 4 is 28.5 Å². The van der Waals surface area contributed by atoms with Crippen molar-refractivity contribution in [1.29, 1.82) is 0 Å². The summed E-state index contributed by atoms with van der Waals surface area (Å²) < 4.78 is 0. The van der Waals surface area contributed by atoms with Gasteiger partial charge in [-0.3, -0.25) is 9.88 Å². The van der Waals surface area contributed by atoms with Crippen molar-refractivity contribution in [3.05, 3.63) is 59.9 Å². The molecule has 1 unspecified atom stereocenters. The van der Waals surface area contributed by atoms with Crippen LogP contribution in [-0.4, -0.2) is 40.8 Å². The fourth-order valence-corrected chi connectivity index (χ4v) is 4.50. The zero-order valence-electron chi connectivity index (χ0n) is 16.7. The lowest BCUT2D eigenvalue weighted by molar-refractivity contribution is 0.170. The van der Waals surface area contributed by atoms with E-state index in [9.17, 15) is 0 Å². The molecule has 0 spiro atoms. The van der Waals surface area contributed by atoms with E-state index < -0.39 is 0 Å². The van der Waals surface area contributed by atoms with Gasteiger partial charge in [-0.15, -0.1) is 11.8 Å². The summed E-state index contributed by atoms with van der Waals surface area (Å²) in [7, 11) is 0. The predicted octanol–water partition coefficient (Wildman–Crippen LogP) is 5.30. The van der Waals surface area contributed by atoms with Gasteiger partial charge in [0, 0.05) is 29.2 Å². The quantitative estimate of drug-likeness (QED) is 0.577. The number of nitrogens with zero attached hydrogens (tertiary/aromatic N) is 3. The van der Waals surface area contributed by atoms with E-state index in [4.69, 9.17) is 4.98 Å². The van der Waals surface area contributed by atoms with Crippen LogP contribution in [0, 0.1) is 6.92 Å². The van der Waals surface area contributed by atoms with Crippen molar-refractivity contribution in [3.8, 4) is 0 Å². The lowest BCUT2D eigenvalue weighted by Gasteiger charge is -2.35. The number of hydrogen-bond acceptors (Lipinski definition) is 5. The number of aryl methyl sites for hydroxylation is 1. The van der Waals surface area contributed by atoms with Gasteiger partial charge in [-0.2, -0.15) is 0 Å². The Kier molecular flexibility index (Phi) is 6.13. The Morgan fingerprint density at radius 3 is 2.75 bits per heavy atom. The minimum Gasteiger partial charge on any atom is -0.368 e. The number of benzene rings is 1. The van der Waals surface area contributed by atoms with Gasteiger partial charge in [0.15, 0.2) is 0 Å². The number of fused-ring (bicyclic) bond motifs is 1. The van der Waals surface area contributed by atoms with Crippen LogP contribution in [0.2, 0.25) is 0 Å². The molecular weight excluding hydrogens is 364 g/mol. The van der Waals surface area contributed by atoms with Crippen molar-refractivity contribution in [2.24, 2.45) is 0 Å². The molecule has 0 aliphatic carbocycles. The molecule has 3 heterocycles. The van der Waals surface area contributed by atoms with Crippen LogP contribution in [0.4, 0.5) is 5.82 Å². The van der Waals surface area contributed by atoms with Crippen molar-refractivity contribution in [3.63, 3.8) is 0 Å². The van der Waals surface area contributed by atoms with Gasteiger partial charge < -0.3 is 5.32 Å². The molecule has 1 saturated heterocycles. The molecule has 1 fully saturated rings. The highest BCUT2D eigenvalue weighted by atomic mass is 32.2. The highest BCUT2D eigenvalue weighted by Crippen LogP contribution is 2.27. The number of rotatable bonds is 6. The molecule has 0 bridgehead atoms. The number of anilines is 1. The maximum atomic E-state index is 4.90. The molecule has 5 heteroatoms. The first-order chi connectivity index (χ1) is 13.7. The molecule has 4 nitrogen and oxygen atoms in total. The van der Waals surface area contributed by atoms with E-state index >= 15 is 0 Å². The van der Waals surface area contributed by atoms with Crippen LogP contribution in [0.1, 0.15) is 36.4 Å². The molecule has 1 aliphatic heterocycles. The maximum Gasteiger partial charge on any atom is 0.126 e. The van der Waals surface area contributed by atoms with Crippen LogP contribution in [0.15, 0.2) is 53.7 Å². The predicted molar refractivity (Wildman–Crippen MR) is 119 cm³/mol. The molecule has 1 atom stereocenters. The molecule has 4 rings (SSSR count). The first-order valence-electron chi connectivity index (χ1n) is 10.1. The largest absolute Gasteiger partial charge is 0.368 e. The molecule has 0 saturated carbocycles. The molecule has 1 N–H and O–H groups in total. The topological polar surface area (TPSA) is 41.1 Å². The summed E-state index contributed by atoms with van der Waals surface area (Å²) in [6.45, 7) is 5.31. The van der Waals surface area contributed by atoms with E-state index in [1.165, 1.54) is 40.7 Å².